The van der Waals surface area contributed by atoms with Gasteiger partial charge in [-0.2, -0.15) is 0 Å². The van der Waals surface area contributed by atoms with Gasteiger partial charge in [-0.25, -0.2) is 0 Å². The highest BCUT2D eigenvalue weighted by Crippen LogP contribution is 2.26. The van der Waals surface area contributed by atoms with Gasteiger partial charge in [0.15, 0.2) is 5.78 Å². The number of likely N-dealkylation sites (N-methyl/N-ethyl adjacent to an activating group) is 1. The normalized spacial score (nSPS) is 11.8. The van der Waals surface area contributed by atoms with Crippen LogP contribution >= 0.6 is 15.9 Å². The van der Waals surface area contributed by atoms with Crippen molar-refractivity contribution >= 4 is 21.7 Å². The lowest BCUT2D eigenvalue weighted by atomic mass is 9.91. The Hall–Kier alpha value is -0.870. The van der Waals surface area contributed by atoms with Gasteiger partial charge in [-0.3, -0.25) is 9.69 Å². The number of methoxy groups -OCH3 is 1. The van der Waals surface area contributed by atoms with Gasteiger partial charge in [-0.05, 0) is 45.1 Å². The van der Waals surface area contributed by atoms with E-state index in [2.05, 4.69) is 34.7 Å². The van der Waals surface area contributed by atoms with Crippen LogP contribution < -0.4 is 4.74 Å². The van der Waals surface area contributed by atoms with Crippen LogP contribution in [-0.2, 0) is 11.2 Å². The first-order valence-corrected chi connectivity index (χ1v) is 7.76. The number of benzene rings is 1. The van der Waals surface area contributed by atoms with Gasteiger partial charge in [0.05, 0.1) is 12.6 Å². The molecule has 0 amide bonds. The number of halogens is 1. The SMILES string of the molecule is CCN(CC)C(C)(C)C(=O)Cc1cc(Br)ccc1OC. The molecule has 4 heteroatoms. The fraction of sp³-hybridized carbons (Fsp3) is 0.562. The molecule has 0 saturated carbocycles. The smallest absolute Gasteiger partial charge is 0.157 e. The van der Waals surface area contributed by atoms with E-state index in [1.54, 1.807) is 7.11 Å². The number of hydrogen-bond acceptors (Lipinski definition) is 3. The second-order valence-electron chi connectivity index (χ2n) is 5.29. The Kier molecular flexibility index (Phi) is 6.21. The van der Waals surface area contributed by atoms with Crippen LogP contribution in [0.15, 0.2) is 22.7 Å². The van der Waals surface area contributed by atoms with Gasteiger partial charge < -0.3 is 4.74 Å². The highest BCUT2D eigenvalue weighted by Gasteiger charge is 2.32. The minimum Gasteiger partial charge on any atom is -0.496 e. The van der Waals surface area contributed by atoms with E-state index in [0.29, 0.717) is 6.42 Å². The molecule has 0 saturated heterocycles. The Balaban J connectivity index is 2.98. The van der Waals surface area contributed by atoms with Crippen molar-refractivity contribution in [2.24, 2.45) is 0 Å². The molecule has 3 nitrogen and oxygen atoms in total. The number of hydrogen-bond donors (Lipinski definition) is 0. The molecule has 0 aliphatic carbocycles. The van der Waals surface area contributed by atoms with Crippen LogP contribution in [-0.4, -0.2) is 36.4 Å². The van der Waals surface area contributed by atoms with Gasteiger partial charge in [0.1, 0.15) is 5.75 Å². The maximum Gasteiger partial charge on any atom is 0.157 e. The molecule has 0 aromatic heterocycles. The first kappa shape index (κ1) is 17.2. The molecule has 0 bridgehead atoms. The van der Waals surface area contributed by atoms with E-state index in [1.165, 1.54) is 0 Å². The van der Waals surface area contributed by atoms with Gasteiger partial charge in [0.25, 0.3) is 0 Å². The van der Waals surface area contributed by atoms with Crippen LogP contribution in [0.2, 0.25) is 0 Å². The molecule has 112 valence electrons. The lowest BCUT2D eigenvalue weighted by molar-refractivity contribution is -0.128. The van der Waals surface area contributed by atoms with Crippen LogP contribution in [0.5, 0.6) is 5.75 Å². The minimum absolute atomic E-state index is 0.206. The maximum atomic E-state index is 12.7. The standard InChI is InChI=1S/C16H24BrNO2/c1-6-18(7-2)16(3,4)15(19)11-12-10-13(17)8-9-14(12)20-5/h8-10H,6-7,11H2,1-5H3. The van der Waals surface area contributed by atoms with Gasteiger partial charge in [-0.1, -0.05) is 29.8 Å². The average Bonchev–Trinajstić information content (AvgIpc) is 2.40. The van der Waals surface area contributed by atoms with Crippen molar-refractivity contribution in [3.63, 3.8) is 0 Å². The summed E-state index contributed by atoms with van der Waals surface area (Å²) in [5.74, 6) is 0.967. The summed E-state index contributed by atoms with van der Waals surface area (Å²) >= 11 is 3.44. The van der Waals surface area contributed by atoms with Crippen LogP contribution in [0.25, 0.3) is 0 Å². The third-order valence-corrected chi connectivity index (χ3v) is 4.32. The van der Waals surface area contributed by atoms with Crippen LogP contribution in [0.1, 0.15) is 33.3 Å². The van der Waals surface area contributed by atoms with Crippen molar-refractivity contribution in [3.05, 3.63) is 28.2 Å². The summed E-state index contributed by atoms with van der Waals surface area (Å²) in [5, 5.41) is 0. The number of Topliss-reactive ketones (excluding diaryl/α,β-unsaturated/α-hetero) is 1. The van der Waals surface area contributed by atoms with Crippen molar-refractivity contribution in [2.75, 3.05) is 20.2 Å². The van der Waals surface area contributed by atoms with Gasteiger partial charge in [0, 0.05) is 16.5 Å². The number of nitrogens with zero attached hydrogens (tertiary/aromatic N) is 1. The van der Waals surface area contributed by atoms with Crippen molar-refractivity contribution in [1.82, 2.24) is 4.90 Å². The Labute approximate surface area is 130 Å². The molecular weight excluding hydrogens is 318 g/mol. The van der Waals surface area contributed by atoms with E-state index in [1.807, 2.05) is 32.0 Å². The first-order valence-electron chi connectivity index (χ1n) is 6.97. The molecule has 0 spiro atoms. The molecule has 0 N–H and O–H groups in total. The highest BCUT2D eigenvalue weighted by molar-refractivity contribution is 9.10. The summed E-state index contributed by atoms with van der Waals surface area (Å²) in [7, 11) is 1.63. The van der Waals surface area contributed by atoms with Crippen LogP contribution in [0.4, 0.5) is 0 Å². The van der Waals surface area contributed by atoms with E-state index < -0.39 is 5.54 Å². The number of ketones is 1. The molecule has 1 aromatic rings. The fourth-order valence-electron chi connectivity index (χ4n) is 2.47. The second-order valence-corrected chi connectivity index (χ2v) is 6.20. The van der Waals surface area contributed by atoms with Crippen LogP contribution in [0.3, 0.4) is 0 Å². The largest absolute Gasteiger partial charge is 0.496 e. The summed E-state index contributed by atoms with van der Waals surface area (Å²) in [5.41, 5.74) is 0.462. The molecule has 1 rings (SSSR count). The minimum atomic E-state index is -0.461. The average molecular weight is 342 g/mol. The predicted molar refractivity (Wildman–Crippen MR) is 86.4 cm³/mol. The van der Waals surface area contributed by atoms with E-state index in [-0.39, 0.29) is 5.78 Å². The maximum absolute atomic E-state index is 12.7. The number of ether oxygens (including phenoxy) is 1. The summed E-state index contributed by atoms with van der Waals surface area (Å²) in [6.07, 6.45) is 0.381. The molecule has 0 aliphatic rings. The second kappa shape index (κ2) is 7.23. The molecule has 0 atom stereocenters. The third kappa shape index (κ3) is 3.83. The molecule has 0 fully saturated rings. The summed E-state index contributed by atoms with van der Waals surface area (Å²) in [4.78, 5) is 14.8. The molecule has 0 unspecified atom stereocenters. The highest BCUT2D eigenvalue weighted by atomic mass is 79.9. The topological polar surface area (TPSA) is 29.5 Å². The lowest BCUT2D eigenvalue weighted by Crippen LogP contribution is -2.50. The Bertz CT molecular complexity index is 468. The van der Waals surface area contributed by atoms with E-state index in [0.717, 1.165) is 28.9 Å². The predicted octanol–water partition coefficient (Wildman–Crippen LogP) is 3.69. The van der Waals surface area contributed by atoms with Crippen molar-refractivity contribution in [1.29, 1.82) is 0 Å². The first-order chi connectivity index (χ1) is 9.36. The van der Waals surface area contributed by atoms with E-state index in [4.69, 9.17) is 4.74 Å². The quantitative estimate of drug-likeness (QED) is 0.757. The Morgan fingerprint density at radius 3 is 2.40 bits per heavy atom. The fourth-order valence-corrected chi connectivity index (χ4v) is 2.87. The number of carbonyl (C=O) groups excluding carboxylic acids is 1. The summed E-state index contributed by atoms with van der Waals surface area (Å²) in [6.45, 7) is 9.88. The van der Waals surface area contributed by atoms with Crippen molar-refractivity contribution in [2.45, 2.75) is 39.7 Å². The molecule has 0 heterocycles. The molecule has 0 aliphatic heterocycles. The summed E-state index contributed by atoms with van der Waals surface area (Å²) < 4.78 is 6.30. The van der Waals surface area contributed by atoms with Gasteiger partial charge >= 0.3 is 0 Å². The number of carbonyl (C=O) groups is 1. The monoisotopic (exact) mass is 341 g/mol. The lowest BCUT2D eigenvalue weighted by Gasteiger charge is -2.36. The van der Waals surface area contributed by atoms with Crippen molar-refractivity contribution in [3.8, 4) is 5.75 Å². The zero-order valence-electron chi connectivity index (χ0n) is 13.0. The van der Waals surface area contributed by atoms with Gasteiger partial charge in [-0.15, -0.1) is 0 Å². The third-order valence-electron chi connectivity index (χ3n) is 3.83. The van der Waals surface area contributed by atoms with E-state index in [9.17, 15) is 4.79 Å². The number of rotatable bonds is 7. The van der Waals surface area contributed by atoms with Crippen molar-refractivity contribution < 1.29 is 9.53 Å². The zero-order valence-corrected chi connectivity index (χ0v) is 14.6. The molecule has 1 aromatic carbocycles. The van der Waals surface area contributed by atoms with Gasteiger partial charge in [0.2, 0.25) is 0 Å². The van der Waals surface area contributed by atoms with Crippen LogP contribution in [0, 0.1) is 0 Å². The molecule has 0 radical (unpaired) electrons. The molecule has 20 heavy (non-hydrogen) atoms. The summed E-state index contributed by atoms with van der Waals surface area (Å²) in [6, 6.07) is 5.76. The molecular formula is C16H24BrNO2. The zero-order chi connectivity index (χ0) is 15.3. The Morgan fingerprint density at radius 2 is 1.90 bits per heavy atom. The van der Waals surface area contributed by atoms with E-state index >= 15 is 0 Å². The Morgan fingerprint density at radius 1 is 1.30 bits per heavy atom.